The molecule has 2 N–H and O–H groups in total. The summed E-state index contributed by atoms with van der Waals surface area (Å²) in [6.07, 6.45) is 5.96. The first-order valence-corrected chi connectivity index (χ1v) is 12.2. The average Bonchev–Trinajstić information content (AvgIpc) is 2.89. The number of ether oxygens (including phenoxy) is 1. The Morgan fingerprint density at radius 2 is 1.77 bits per heavy atom. The quantitative estimate of drug-likeness (QED) is 0.494. The second-order valence-electron chi connectivity index (χ2n) is 8.97. The van der Waals surface area contributed by atoms with Crippen molar-refractivity contribution in [1.29, 1.82) is 0 Å². The summed E-state index contributed by atoms with van der Waals surface area (Å²) in [7, 11) is 1.60. The van der Waals surface area contributed by atoms with E-state index in [9.17, 15) is 14.4 Å². The molecule has 8 nitrogen and oxygen atoms in total. The highest BCUT2D eigenvalue weighted by atomic mass is 16.5. The van der Waals surface area contributed by atoms with Crippen LogP contribution in [0.1, 0.15) is 49.8 Å². The van der Waals surface area contributed by atoms with Crippen molar-refractivity contribution >= 4 is 22.8 Å². The van der Waals surface area contributed by atoms with Crippen LogP contribution in [0.15, 0.2) is 53.3 Å². The number of hydrogen-bond donors (Lipinski definition) is 2. The Morgan fingerprint density at radius 3 is 2.51 bits per heavy atom. The van der Waals surface area contributed by atoms with Gasteiger partial charge in [0.05, 0.1) is 18.1 Å². The first-order valence-electron chi connectivity index (χ1n) is 12.2. The number of fused-ring (bicyclic) bond motifs is 1. The normalized spacial score (nSPS) is 14.0. The minimum absolute atomic E-state index is 0.0601. The molecule has 0 radical (unpaired) electrons. The molecule has 0 atom stereocenters. The standard InChI is InChI=1S/C27H32N4O4/c1-35-21-13-11-19(12-14-21)17-28-26(33)18-31-24-10-6-5-9-22(24)30-23(27(31)34)15-16-25(32)29-20-7-3-2-4-8-20/h5-6,9-14,20H,2-4,7-8,15-18H2,1H3,(H,28,33)(H,29,32). The van der Waals surface area contributed by atoms with Crippen LogP contribution >= 0.6 is 0 Å². The Labute approximate surface area is 204 Å². The number of nitrogens with zero attached hydrogens (tertiary/aromatic N) is 2. The van der Waals surface area contributed by atoms with Gasteiger partial charge in [0.25, 0.3) is 5.56 Å². The van der Waals surface area contributed by atoms with Crippen LogP contribution in [0, 0.1) is 0 Å². The fourth-order valence-electron chi connectivity index (χ4n) is 4.49. The molecule has 2 aromatic carbocycles. The average molecular weight is 477 g/mol. The highest BCUT2D eigenvalue weighted by Crippen LogP contribution is 2.17. The van der Waals surface area contributed by atoms with Crippen molar-refractivity contribution in [3.8, 4) is 5.75 Å². The van der Waals surface area contributed by atoms with Gasteiger partial charge in [0.1, 0.15) is 18.0 Å². The third-order valence-electron chi connectivity index (χ3n) is 6.43. The molecule has 0 aliphatic heterocycles. The zero-order valence-electron chi connectivity index (χ0n) is 20.1. The summed E-state index contributed by atoms with van der Waals surface area (Å²) in [4.78, 5) is 42.9. The second kappa shape index (κ2) is 11.6. The lowest BCUT2D eigenvalue weighted by Gasteiger charge is -2.22. The molecule has 1 heterocycles. The van der Waals surface area contributed by atoms with E-state index in [1.54, 1.807) is 13.2 Å². The molecule has 0 saturated heterocycles. The number of carbonyl (C=O) groups excluding carboxylic acids is 2. The molecular weight excluding hydrogens is 444 g/mol. The maximum absolute atomic E-state index is 13.2. The number of amides is 2. The van der Waals surface area contributed by atoms with E-state index in [1.807, 2.05) is 42.5 Å². The molecule has 0 unspecified atom stereocenters. The van der Waals surface area contributed by atoms with Gasteiger partial charge in [-0.3, -0.25) is 19.0 Å². The molecule has 3 aromatic rings. The van der Waals surface area contributed by atoms with Gasteiger partial charge in [0.2, 0.25) is 11.8 Å². The highest BCUT2D eigenvalue weighted by molar-refractivity contribution is 5.80. The number of carbonyl (C=O) groups is 2. The molecule has 1 fully saturated rings. The summed E-state index contributed by atoms with van der Waals surface area (Å²) in [5.74, 6) is 0.408. The van der Waals surface area contributed by atoms with Crippen molar-refractivity contribution in [3.63, 3.8) is 0 Å². The molecule has 1 saturated carbocycles. The lowest BCUT2D eigenvalue weighted by Crippen LogP contribution is -2.37. The van der Waals surface area contributed by atoms with Crippen molar-refractivity contribution in [2.24, 2.45) is 0 Å². The third kappa shape index (κ3) is 6.47. The highest BCUT2D eigenvalue weighted by Gasteiger charge is 2.18. The lowest BCUT2D eigenvalue weighted by atomic mass is 9.95. The van der Waals surface area contributed by atoms with Gasteiger partial charge in [-0.15, -0.1) is 0 Å². The molecule has 8 heteroatoms. The van der Waals surface area contributed by atoms with Gasteiger partial charge >= 0.3 is 0 Å². The van der Waals surface area contributed by atoms with Gasteiger partial charge in [0, 0.05) is 25.4 Å². The number of rotatable bonds is 9. The van der Waals surface area contributed by atoms with Crippen LogP contribution in [-0.2, 0) is 29.1 Å². The number of methoxy groups -OCH3 is 1. The van der Waals surface area contributed by atoms with E-state index in [4.69, 9.17) is 4.74 Å². The Morgan fingerprint density at radius 1 is 1.03 bits per heavy atom. The van der Waals surface area contributed by atoms with Gasteiger partial charge in [-0.25, -0.2) is 4.98 Å². The largest absolute Gasteiger partial charge is 0.497 e. The minimum atomic E-state index is -0.339. The smallest absolute Gasteiger partial charge is 0.273 e. The van der Waals surface area contributed by atoms with Gasteiger partial charge in [0.15, 0.2) is 0 Å². The maximum Gasteiger partial charge on any atom is 0.273 e. The van der Waals surface area contributed by atoms with Crippen molar-refractivity contribution in [2.75, 3.05) is 7.11 Å². The van der Waals surface area contributed by atoms with Crippen LogP contribution in [0.3, 0.4) is 0 Å². The van der Waals surface area contributed by atoms with Gasteiger partial charge < -0.3 is 15.4 Å². The molecule has 1 aromatic heterocycles. The summed E-state index contributed by atoms with van der Waals surface area (Å²) in [5.41, 5.74) is 2.10. The van der Waals surface area contributed by atoms with E-state index < -0.39 is 0 Å². The molecule has 35 heavy (non-hydrogen) atoms. The third-order valence-corrected chi connectivity index (χ3v) is 6.43. The number of para-hydroxylation sites is 2. The van der Waals surface area contributed by atoms with Crippen LogP contribution in [0.5, 0.6) is 5.75 Å². The maximum atomic E-state index is 13.2. The predicted molar refractivity (Wildman–Crippen MR) is 134 cm³/mol. The lowest BCUT2D eigenvalue weighted by molar-refractivity contribution is -0.122. The number of hydrogen-bond acceptors (Lipinski definition) is 5. The first-order chi connectivity index (χ1) is 17.0. The number of aromatic nitrogens is 2. The van der Waals surface area contributed by atoms with E-state index in [0.717, 1.165) is 37.0 Å². The molecule has 0 bridgehead atoms. The second-order valence-corrected chi connectivity index (χ2v) is 8.97. The molecule has 1 aliphatic rings. The van der Waals surface area contributed by atoms with Gasteiger partial charge in [-0.1, -0.05) is 43.5 Å². The Kier molecular flexibility index (Phi) is 8.13. The van der Waals surface area contributed by atoms with E-state index in [0.29, 0.717) is 23.3 Å². The Hall–Kier alpha value is -3.68. The van der Waals surface area contributed by atoms with Crippen LogP contribution in [-0.4, -0.2) is 34.5 Å². The van der Waals surface area contributed by atoms with Crippen molar-refractivity contribution in [3.05, 3.63) is 70.1 Å². The van der Waals surface area contributed by atoms with Crippen LogP contribution < -0.4 is 20.9 Å². The predicted octanol–water partition coefficient (Wildman–Crippen LogP) is 3.10. The van der Waals surface area contributed by atoms with Crippen LogP contribution in [0.25, 0.3) is 11.0 Å². The summed E-state index contributed by atoms with van der Waals surface area (Å²) in [6, 6.07) is 14.9. The van der Waals surface area contributed by atoms with E-state index in [1.165, 1.54) is 11.0 Å². The van der Waals surface area contributed by atoms with E-state index >= 15 is 0 Å². The monoisotopic (exact) mass is 476 g/mol. The van der Waals surface area contributed by atoms with Crippen LogP contribution in [0.4, 0.5) is 0 Å². The van der Waals surface area contributed by atoms with E-state index in [-0.39, 0.29) is 42.8 Å². The number of benzene rings is 2. The summed E-state index contributed by atoms with van der Waals surface area (Å²) in [6.45, 7) is 0.216. The van der Waals surface area contributed by atoms with Crippen molar-refractivity contribution < 1.29 is 14.3 Å². The minimum Gasteiger partial charge on any atom is -0.497 e. The van der Waals surface area contributed by atoms with Gasteiger partial charge in [-0.05, 0) is 42.7 Å². The molecule has 0 spiro atoms. The first kappa shape index (κ1) is 24.4. The molecule has 184 valence electrons. The van der Waals surface area contributed by atoms with Crippen molar-refractivity contribution in [1.82, 2.24) is 20.2 Å². The van der Waals surface area contributed by atoms with Crippen molar-refractivity contribution in [2.45, 2.75) is 64.1 Å². The molecule has 1 aliphatic carbocycles. The van der Waals surface area contributed by atoms with E-state index in [2.05, 4.69) is 15.6 Å². The fourth-order valence-corrected chi connectivity index (χ4v) is 4.49. The molecular formula is C27H32N4O4. The number of aryl methyl sites for hydroxylation is 1. The zero-order valence-corrected chi connectivity index (χ0v) is 20.1. The summed E-state index contributed by atoms with van der Waals surface area (Å²) in [5, 5.41) is 5.95. The Balaban J connectivity index is 1.44. The molecule has 4 rings (SSSR count). The van der Waals surface area contributed by atoms with Gasteiger partial charge in [-0.2, -0.15) is 0 Å². The number of nitrogens with one attached hydrogen (secondary N) is 2. The summed E-state index contributed by atoms with van der Waals surface area (Å²) >= 11 is 0. The Bertz CT molecular complexity index is 1230. The SMILES string of the molecule is COc1ccc(CNC(=O)Cn2c(=O)c(CCC(=O)NC3CCCCC3)nc3ccccc32)cc1. The molecule has 2 amide bonds. The topological polar surface area (TPSA) is 102 Å². The fraction of sp³-hybridized carbons (Fsp3) is 0.407. The van der Waals surface area contributed by atoms with Crippen LogP contribution in [0.2, 0.25) is 0 Å². The summed E-state index contributed by atoms with van der Waals surface area (Å²) < 4.78 is 6.60. The zero-order chi connectivity index (χ0) is 24.6.